The molecule has 0 radical (unpaired) electrons. The summed E-state index contributed by atoms with van der Waals surface area (Å²) in [5, 5.41) is 4.83. The minimum absolute atomic E-state index is 0.371. The van der Waals surface area contributed by atoms with Crippen LogP contribution in [0, 0.1) is 17.8 Å². The molecule has 0 N–H and O–H groups in total. The maximum atomic E-state index is 6.65. The van der Waals surface area contributed by atoms with Crippen molar-refractivity contribution in [3.63, 3.8) is 0 Å². The minimum atomic E-state index is 0.371. The van der Waals surface area contributed by atoms with Crippen molar-refractivity contribution in [1.29, 1.82) is 0 Å². The Bertz CT molecular complexity index is 2550. The van der Waals surface area contributed by atoms with Gasteiger partial charge in [-0.25, -0.2) is 0 Å². The highest BCUT2D eigenvalue weighted by molar-refractivity contribution is 6.10. The third-order valence-corrected chi connectivity index (χ3v) is 12.8. The maximum absolute atomic E-state index is 6.65. The molecule has 0 saturated heterocycles. The first-order valence-corrected chi connectivity index (χ1v) is 19.2. The van der Waals surface area contributed by atoms with Crippen LogP contribution in [0.2, 0.25) is 0 Å². The second kappa shape index (κ2) is 11.7. The van der Waals surface area contributed by atoms with E-state index in [9.17, 15) is 0 Å². The van der Waals surface area contributed by atoms with Crippen molar-refractivity contribution >= 4 is 49.8 Å². The average molecular weight is 672 g/mol. The zero-order valence-electron chi connectivity index (χ0n) is 29.3. The Labute approximate surface area is 305 Å². The minimum Gasteiger partial charge on any atom is -0.454 e. The number of hydrogen-bond acceptors (Lipinski definition) is 2. The summed E-state index contributed by atoms with van der Waals surface area (Å²) >= 11 is 0. The van der Waals surface area contributed by atoms with Crippen LogP contribution in [-0.4, -0.2) is 0 Å². The van der Waals surface area contributed by atoms with E-state index in [1.807, 2.05) is 0 Å². The van der Waals surface area contributed by atoms with Gasteiger partial charge in [-0.2, -0.15) is 0 Å². The Balaban J connectivity index is 1.04. The molecule has 2 heteroatoms. The van der Waals surface area contributed by atoms with Gasteiger partial charge in [-0.15, -0.1) is 0 Å². The molecule has 52 heavy (non-hydrogen) atoms. The third-order valence-electron chi connectivity index (χ3n) is 12.8. The number of para-hydroxylation sites is 2. The highest BCUT2D eigenvalue weighted by Gasteiger charge is 2.51. The summed E-state index contributed by atoms with van der Waals surface area (Å²) in [6.45, 7) is 0. The molecule has 0 amide bonds. The van der Waals surface area contributed by atoms with Crippen molar-refractivity contribution in [3.8, 4) is 22.3 Å². The summed E-state index contributed by atoms with van der Waals surface area (Å²) in [5.41, 5.74) is 12.0. The summed E-state index contributed by atoms with van der Waals surface area (Å²) in [6.07, 6.45) is 8.53. The van der Waals surface area contributed by atoms with Crippen LogP contribution in [0.25, 0.3) is 55.0 Å². The van der Waals surface area contributed by atoms with E-state index < -0.39 is 0 Å². The Hall–Kier alpha value is -5.60. The van der Waals surface area contributed by atoms with E-state index in [1.54, 1.807) is 5.56 Å². The Morgan fingerprint density at radius 3 is 1.71 bits per heavy atom. The highest BCUT2D eigenvalue weighted by atomic mass is 16.3. The number of furan rings is 1. The van der Waals surface area contributed by atoms with E-state index in [2.05, 4.69) is 163 Å². The highest BCUT2D eigenvalue weighted by Crippen LogP contribution is 2.61. The van der Waals surface area contributed by atoms with E-state index in [-0.39, 0.29) is 0 Å². The van der Waals surface area contributed by atoms with Crippen molar-refractivity contribution in [2.45, 2.75) is 43.9 Å². The summed E-state index contributed by atoms with van der Waals surface area (Å²) in [7, 11) is 0. The van der Waals surface area contributed by atoms with Crippen molar-refractivity contribution in [3.05, 3.63) is 163 Å². The lowest BCUT2D eigenvalue weighted by atomic mass is 9.48. The second-order valence-electron chi connectivity index (χ2n) is 16.0. The van der Waals surface area contributed by atoms with E-state index in [1.165, 1.54) is 71.6 Å². The smallest absolute Gasteiger partial charge is 0.159 e. The largest absolute Gasteiger partial charge is 0.454 e. The fraction of sp³-hybridized carbons (Fsp3) is 0.200. The molecule has 4 saturated carbocycles. The maximum Gasteiger partial charge on any atom is 0.159 e. The fourth-order valence-corrected chi connectivity index (χ4v) is 11.0. The van der Waals surface area contributed by atoms with Gasteiger partial charge in [-0.1, -0.05) is 121 Å². The number of anilines is 3. The summed E-state index contributed by atoms with van der Waals surface area (Å²) < 4.78 is 6.65. The predicted octanol–water partition coefficient (Wildman–Crippen LogP) is 14.0. The quantitative estimate of drug-likeness (QED) is 0.175. The van der Waals surface area contributed by atoms with Gasteiger partial charge in [0, 0.05) is 22.1 Å². The molecule has 4 bridgehead atoms. The molecule has 252 valence electrons. The van der Waals surface area contributed by atoms with Crippen molar-refractivity contribution in [2.24, 2.45) is 17.8 Å². The van der Waals surface area contributed by atoms with Crippen molar-refractivity contribution < 1.29 is 4.42 Å². The first kappa shape index (κ1) is 30.1. The molecule has 0 aliphatic heterocycles. The van der Waals surface area contributed by atoms with Crippen LogP contribution >= 0.6 is 0 Å². The number of hydrogen-bond donors (Lipinski definition) is 0. The molecule has 0 unspecified atom stereocenters. The van der Waals surface area contributed by atoms with Gasteiger partial charge in [0.05, 0.1) is 5.69 Å². The Kier molecular flexibility index (Phi) is 6.77. The zero-order valence-corrected chi connectivity index (χ0v) is 29.3. The van der Waals surface area contributed by atoms with Gasteiger partial charge in [0.2, 0.25) is 0 Å². The van der Waals surface area contributed by atoms with Gasteiger partial charge in [0.1, 0.15) is 5.58 Å². The molecule has 1 aromatic heterocycles. The SMILES string of the molecule is c1ccc(-c2cccc3cccc(-c4ccc(N(c5ccc(C67CC8CC(CC(C8)C6)C7)cc5)c5cccc6c5oc5ccccc56)cc4)c23)cc1. The second-order valence-corrected chi connectivity index (χ2v) is 16.0. The van der Waals surface area contributed by atoms with Crippen molar-refractivity contribution in [2.75, 3.05) is 4.90 Å². The van der Waals surface area contributed by atoms with Gasteiger partial charge in [0.15, 0.2) is 5.58 Å². The molecule has 4 aliphatic rings. The average Bonchev–Trinajstić information content (AvgIpc) is 3.58. The number of rotatable bonds is 6. The summed E-state index contributed by atoms with van der Waals surface area (Å²) in [4.78, 5) is 2.40. The van der Waals surface area contributed by atoms with Crippen LogP contribution in [-0.2, 0) is 5.41 Å². The van der Waals surface area contributed by atoms with E-state index in [0.717, 1.165) is 56.8 Å². The predicted molar refractivity (Wildman–Crippen MR) is 217 cm³/mol. The molecule has 1 heterocycles. The topological polar surface area (TPSA) is 16.4 Å². The Morgan fingerprint density at radius 1 is 0.481 bits per heavy atom. The van der Waals surface area contributed by atoms with Gasteiger partial charge in [-0.3, -0.25) is 0 Å². The van der Waals surface area contributed by atoms with Gasteiger partial charge in [0.25, 0.3) is 0 Å². The van der Waals surface area contributed by atoms with Crippen LogP contribution in [0.15, 0.2) is 162 Å². The Morgan fingerprint density at radius 2 is 1.04 bits per heavy atom. The monoisotopic (exact) mass is 671 g/mol. The van der Waals surface area contributed by atoms with Gasteiger partial charge < -0.3 is 9.32 Å². The molecular weight excluding hydrogens is 631 g/mol. The standard InChI is InChI=1S/C50H41NO/c1-2-9-36(10-3-1)42-14-6-11-38-12-7-15-43(48(38)42)37-19-23-40(24-20-37)51(46-17-8-16-45-44-13-4-5-18-47(44)52-49(45)46)41-25-21-39(22-26-41)50-30-33-27-34(31-50)29-35(28-33)32-50/h1-26,33-35H,27-32H2. The van der Waals surface area contributed by atoms with Crippen LogP contribution in [0.3, 0.4) is 0 Å². The first-order chi connectivity index (χ1) is 25.7. The lowest BCUT2D eigenvalue weighted by Gasteiger charge is -2.57. The number of fused-ring (bicyclic) bond motifs is 4. The zero-order chi connectivity index (χ0) is 34.2. The lowest BCUT2D eigenvalue weighted by Crippen LogP contribution is -2.48. The number of nitrogens with zero attached hydrogens (tertiary/aromatic N) is 1. The van der Waals surface area contributed by atoms with Crippen LogP contribution in [0.1, 0.15) is 44.1 Å². The molecule has 0 atom stereocenters. The molecule has 12 rings (SSSR count). The molecule has 8 aromatic rings. The first-order valence-electron chi connectivity index (χ1n) is 19.2. The third kappa shape index (κ3) is 4.77. The van der Waals surface area contributed by atoms with E-state index >= 15 is 0 Å². The summed E-state index contributed by atoms with van der Waals surface area (Å²) in [6, 6.07) is 57.9. The molecule has 4 aliphatic carbocycles. The summed E-state index contributed by atoms with van der Waals surface area (Å²) in [5.74, 6) is 2.78. The van der Waals surface area contributed by atoms with Crippen molar-refractivity contribution in [1.82, 2.24) is 0 Å². The molecule has 4 fully saturated rings. The molecule has 0 spiro atoms. The molecule has 7 aromatic carbocycles. The van der Waals surface area contributed by atoms with Gasteiger partial charge in [-0.05, 0) is 137 Å². The van der Waals surface area contributed by atoms with Gasteiger partial charge >= 0.3 is 0 Å². The fourth-order valence-electron chi connectivity index (χ4n) is 11.0. The van der Waals surface area contributed by atoms with Crippen LogP contribution in [0.4, 0.5) is 17.1 Å². The van der Waals surface area contributed by atoms with E-state index in [0.29, 0.717) is 5.41 Å². The molecular formula is C50H41NO. The number of benzene rings is 7. The van der Waals surface area contributed by atoms with Crippen LogP contribution < -0.4 is 4.90 Å². The van der Waals surface area contributed by atoms with E-state index in [4.69, 9.17) is 4.42 Å². The normalized spacial score (nSPS) is 22.0. The lowest BCUT2D eigenvalue weighted by molar-refractivity contribution is -0.00518. The molecule has 2 nitrogen and oxygen atoms in total. The van der Waals surface area contributed by atoms with Crippen LogP contribution in [0.5, 0.6) is 0 Å².